The molecule has 1 aromatic rings. The summed E-state index contributed by atoms with van der Waals surface area (Å²) in [4.78, 5) is 60.7. The zero-order valence-corrected chi connectivity index (χ0v) is 21.2. The first-order chi connectivity index (χ1) is 16.8. The molecule has 0 spiro atoms. The molecule has 15 nitrogen and oxygen atoms in total. The number of aliphatic hydroxyl groups excluding tert-OH is 1. The molecule has 17 heteroatoms. The van der Waals surface area contributed by atoms with E-state index in [1.54, 1.807) is 0 Å². The average Bonchev–Trinajstić information content (AvgIpc) is 3.24. The van der Waals surface area contributed by atoms with Crippen LogP contribution < -0.4 is 21.7 Å². The Hall–Kier alpha value is -2.33. The molecule has 200 valence electrons. The van der Waals surface area contributed by atoms with E-state index in [0.29, 0.717) is 11.4 Å². The molecule has 0 aromatic carbocycles. The summed E-state index contributed by atoms with van der Waals surface area (Å²) >= 11 is 0.676. The summed E-state index contributed by atoms with van der Waals surface area (Å²) in [5, 5.41) is 26.1. The van der Waals surface area contributed by atoms with Crippen molar-refractivity contribution >= 4 is 35.9 Å². The molecule has 0 aliphatic carbocycles. The molecule has 2 aliphatic heterocycles. The number of carbonyl (C=O) groups excluding carboxylic acids is 3. The monoisotopic (exact) mass is 550 g/mol. The van der Waals surface area contributed by atoms with Crippen molar-refractivity contribution in [1.82, 2.24) is 20.0 Å². The summed E-state index contributed by atoms with van der Waals surface area (Å²) in [6.07, 6.45) is -3.33. The fraction of sp³-hybridized carbons (Fsp3) is 0.632. The third kappa shape index (κ3) is 6.14. The van der Waals surface area contributed by atoms with Gasteiger partial charge in [-0.15, -0.1) is 0 Å². The Morgan fingerprint density at radius 2 is 2.11 bits per heavy atom. The lowest BCUT2D eigenvalue weighted by molar-refractivity contribution is -0.142. The minimum atomic E-state index is -3.98. The van der Waals surface area contributed by atoms with Gasteiger partial charge < -0.3 is 24.2 Å². The van der Waals surface area contributed by atoms with Gasteiger partial charge in [0.25, 0.3) is 5.56 Å². The van der Waals surface area contributed by atoms with Crippen LogP contribution in [0.4, 0.5) is 0 Å². The Balaban J connectivity index is 1.76. The van der Waals surface area contributed by atoms with Crippen molar-refractivity contribution in [1.29, 1.82) is 0 Å². The molecule has 36 heavy (non-hydrogen) atoms. The lowest BCUT2D eigenvalue weighted by Gasteiger charge is -2.27. The van der Waals surface area contributed by atoms with E-state index in [1.807, 2.05) is 4.98 Å². The molecular formula is C19H27N4O11PS. The summed E-state index contributed by atoms with van der Waals surface area (Å²) in [5.41, 5.74) is -3.57. The topological polar surface area (TPSA) is 215 Å². The van der Waals surface area contributed by atoms with Crippen LogP contribution in [0.25, 0.3) is 0 Å². The summed E-state index contributed by atoms with van der Waals surface area (Å²) in [7, 11) is 1.14. The van der Waals surface area contributed by atoms with Gasteiger partial charge in [-0.1, -0.05) is 11.4 Å². The maximum atomic E-state index is 13.6. The number of carbonyl (C=O) groups is 3. The highest BCUT2D eigenvalue weighted by Crippen LogP contribution is 2.57. The molecule has 2 amide bonds. The first-order valence-corrected chi connectivity index (χ1v) is 13.9. The van der Waals surface area contributed by atoms with Crippen LogP contribution in [0.1, 0.15) is 26.5 Å². The van der Waals surface area contributed by atoms with E-state index >= 15 is 0 Å². The summed E-state index contributed by atoms with van der Waals surface area (Å²) in [6, 6.07) is -0.0541. The second-order valence-electron chi connectivity index (χ2n) is 8.49. The first-order valence-electron chi connectivity index (χ1n) is 10.7. The SMILES string of the molecule is COC(=O)[C@@H](C)N[P@](=O)(OC[C@H]1O[C@@H](n2ccc(=O)[nH]c2=O)[C@](C)(O)[C@@H]1O)SCC1CC(=O)NC1=O. The van der Waals surface area contributed by atoms with Gasteiger partial charge in [0.15, 0.2) is 6.23 Å². The Morgan fingerprint density at radius 3 is 2.69 bits per heavy atom. The van der Waals surface area contributed by atoms with Crippen LogP contribution in [0.5, 0.6) is 0 Å². The van der Waals surface area contributed by atoms with Crippen LogP contribution in [-0.4, -0.2) is 80.9 Å². The van der Waals surface area contributed by atoms with Gasteiger partial charge in [-0.3, -0.25) is 38.6 Å². The van der Waals surface area contributed by atoms with E-state index in [4.69, 9.17) is 9.26 Å². The Kier molecular flexibility index (Phi) is 8.60. The minimum absolute atomic E-state index is 0.0864. The number of H-pyrrole nitrogens is 1. The molecule has 2 fully saturated rings. The molecule has 1 aromatic heterocycles. The minimum Gasteiger partial charge on any atom is -0.468 e. The Morgan fingerprint density at radius 1 is 1.42 bits per heavy atom. The lowest BCUT2D eigenvalue weighted by atomic mass is 9.96. The van der Waals surface area contributed by atoms with E-state index in [-0.39, 0.29) is 12.2 Å². The van der Waals surface area contributed by atoms with Crippen molar-refractivity contribution in [3.63, 3.8) is 0 Å². The van der Waals surface area contributed by atoms with Crippen molar-refractivity contribution in [2.75, 3.05) is 19.5 Å². The number of ether oxygens (including phenoxy) is 2. The molecule has 3 heterocycles. The number of amides is 2. The number of rotatable bonds is 10. The van der Waals surface area contributed by atoms with Gasteiger partial charge in [0.05, 0.1) is 19.6 Å². The van der Waals surface area contributed by atoms with Crippen LogP contribution in [0.15, 0.2) is 21.9 Å². The second kappa shape index (κ2) is 11.0. The molecule has 0 radical (unpaired) electrons. The molecule has 3 rings (SSSR count). The zero-order chi connectivity index (χ0) is 26.8. The van der Waals surface area contributed by atoms with Crippen molar-refractivity contribution in [2.45, 2.75) is 50.3 Å². The molecule has 2 aliphatic rings. The number of nitrogens with zero attached hydrogens (tertiary/aromatic N) is 1. The van der Waals surface area contributed by atoms with E-state index in [9.17, 15) is 38.8 Å². The fourth-order valence-corrected chi connectivity index (χ4v) is 7.69. The smallest absolute Gasteiger partial charge is 0.330 e. The van der Waals surface area contributed by atoms with Crippen LogP contribution in [-0.2, 0) is 32.9 Å². The number of hydrogen-bond donors (Lipinski definition) is 5. The number of methoxy groups -OCH3 is 1. The van der Waals surface area contributed by atoms with Gasteiger partial charge in [0.1, 0.15) is 23.9 Å². The molecule has 0 bridgehead atoms. The highest BCUT2D eigenvalue weighted by atomic mass is 32.7. The van der Waals surface area contributed by atoms with Crippen LogP contribution >= 0.6 is 18.1 Å². The number of aromatic nitrogens is 2. The van der Waals surface area contributed by atoms with Crippen LogP contribution in [0.2, 0.25) is 0 Å². The van der Waals surface area contributed by atoms with Gasteiger partial charge in [-0.2, -0.15) is 0 Å². The van der Waals surface area contributed by atoms with Crippen molar-refractivity contribution < 1.29 is 43.2 Å². The molecular weight excluding hydrogens is 523 g/mol. The van der Waals surface area contributed by atoms with E-state index < -0.39 is 78.4 Å². The van der Waals surface area contributed by atoms with E-state index in [1.165, 1.54) is 13.8 Å². The van der Waals surface area contributed by atoms with Crippen molar-refractivity contribution in [2.24, 2.45) is 5.92 Å². The molecule has 2 saturated heterocycles. The van der Waals surface area contributed by atoms with Gasteiger partial charge in [0.2, 0.25) is 11.8 Å². The van der Waals surface area contributed by atoms with Gasteiger partial charge >= 0.3 is 18.4 Å². The maximum Gasteiger partial charge on any atom is 0.330 e. The number of aliphatic hydroxyl groups is 2. The number of hydrogen-bond acceptors (Lipinski definition) is 12. The van der Waals surface area contributed by atoms with E-state index in [2.05, 4.69) is 15.1 Å². The number of nitrogens with one attached hydrogen (secondary N) is 3. The third-order valence-corrected chi connectivity index (χ3v) is 9.87. The largest absolute Gasteiger partial charge is 0.468 e. The third-order valence-electron chi connectivity index (χ3n) is 5.68. The predicted molar refractivity (Wildman–Crippen MR) is 124 cm³/mol. The van der Waals surface area contributed by atoms with Crippen LogP contribution in [0.3, 0.4) is 0 Å². The maximum absolute atomic E-state index is 13.6. The molecule has 5 N–H and O–H groups in total. The lowest BCUT2D eigenvalue weighted by Crippen LogP contribution is -2.46. The van der Waals surface area contributed by atoms with Gasteiger partial charge in [-0.25, -0.2) is 9.88 Å². The highest BCUT2D eigenvalue weighted by Gasteiger charge is 2.54. The number of esters is 1. The quantitative estimate of drug-likeness (QED) is 0.124. The summed E-state index contributed by atoms with van der Waals surface area (Å²) in [5.74, 6) is -2.59. The average molecular weight is 550 g/mol. The Labute approximate surface area is 208 Å². The Bertz CT molecular complexity index is 1180. The number of imide groups is 1. The number of aromatic amines is 1. The van der Waals surface area contributed by atoms with Crippen molar-refractivity contribution in [3.8, 4) is 0 Å². The normalized spacial score (nSPS) is 30.6. The molecule has 0 saturated carbocycles. The van der Waals surface area contributed by atoms with Gasteiger partial charge in [0, 0.05) is 24.4 Å². The standard InChI is InChI=1S/C19H27N4O11PS/c1-9(16(28)32-3)22-35(31,36-8-10-6-13(25)20-15(10)27)33-7-11-14(26)19(2,30)17(34-11)23-5-4-12(24)21-18(23)29/h4-5,9-11,14,17,26,30H,6-8H2,1-3H3,(H,22,31)(H,20,25,27)(H,21,24,29)/t9-,10?,11-,14-,17-,19-,35+/m1/s1. The molecule has 1 unspecified atom stereocenters. The molecule has 7 atom stereocenters. The second-order valence-corrected chi connectivity index (χ2v) is 12.8. The van der Waals surface area contributed by atoms with Gasteiger partial charge in [-0.05, 0) is 13.8 Å². The first kappa shape index (κ1) is 28.2. The summed E-state index contributed by atoms with van der Waals surface area (Å²) < 4.78 is 30.2. The fourth-order valence-electron chi connectivity index (χ4n) is 3.67. The van der Waals surface area contributed by atoms with E-state index in [0.717, 1.165) is 23.9 Å². The van der Waals surface area contributed by atoms with Crippen LogP contribution in [0, 0.1) is 5.92 Å². The predicted octanol–water partition coefficient (Wildman–Crippen LogP) is -1.78. The zero-order valence-electron chi connectivity index (χ0n) is 19.5. The van der Waals surface area contributed by atoms with Crippen molar-refractivity contribution in [3.05, 3.63) is 33.1 Å². The highest BCUT2D eigenvalue weighted by molar-refractivity contribution is 8.56. The summed E-state index contributed by atoms with van der Waals surface area (Å²) in [6.45, 7) is -1.96.